The first-order valence-corrected chi connectivity index (χ1v) is 8.90. The molecule has 1 heterocycles. The second-order valence-electron chi connectivity index (χ2n) is 4.44. The first kappa shape index (κ1) is 16.3. The van der Waals surface area contributed by atoms with Gasteiger partial charge in [-0.25, -0.2) is 9.98 Å². The maximum absolute atomic E-state index is 4.59. The molecule has 4 nitrogen and oxygen atoms in total. The second kappa shape index (κ2) is 9.20. The van der Waals surface area contributed by atoms with Crippen LogP contribution in [0.5, 0.6) is 0 Å². The normalized spacial score (nSPS) is 11.9. The van der Waals surface area contributed by atoms with Gasteiger partial charge in [0.15, 0.2) is 5.96 Å². The van der Waals surface area contributed by atoms with Crippen LogP contribution in [0.1, 0.15) is 37.4 Å². The standard InChI is InChI=1S/C13H24N4S2/c1-5-14-13(15-6-7-18-4)16-8-12-17-11(9-19-12)10(2)3/h9-10H,5-8H2,1-4H3,(H2,14,15,16). The van der Waals surface area contributed by atoms with E-state index in [2.05, 4.69) is 53.0 Å². The van der Waals surface area contributed by atoms with Gasteiger partial charge in [0.25, 0.3) is 0 Å². The smallest absolute Gasteiger partial charge is 0.191 e. The summed E-state index contributed by atoms with van der Waals surface area (Å²) in [7, 11) is 0. The Morgan fingerprint density at radius 3 is 2.84 bits per heavy atom. The van der Waals surface area contributed by atoms with Crippen molar-refractivity contribution in [1.82, 2.24) is 15.6 Å². The van der Waals surface area contributed by atoms with E-state index in [1.54, 1.807) is 11.3 Å². The fourth-order valence-electron chi connectivity index (χ4n) is 1.42. The van der Waals surface area contributed by atoms with Gasteiger partial charge in [-0.1, -0.05) is 13.8 Å². The number of nitrogens with zero attached hydrogens (tertiary/aromatic N) is 2. The molecular formula is C13H24N4S2. The van der Waals surface area contributed by atoms with Crippen LogP contribution in [0, 0.1) is 0 Å². The Bertz CT molecular complexity index is 388. The van der Waals surface area contributed by atoms with Gasteiger partial charge in [0.05, 0.1) is 12.2 Å². The molecule has 6 heteroatoms. The molecule has 2 N–H and O–H groups in total. The highest BCUT2D eigenvalue weighted by Gasteiger charge is 2.05. The third-order valence-corrected chi connectivity index (χ3v) is 3.94. The minimum Gasteiger partial charge on any atom is -0.357 e. The van der Waals surface area contributed by atoms with Crippen molar-refractivity contribution in [3.05, 3.63) is 16.1 Å². The molecule has 0 unspecified atom stereocenters. The highest BCUT2D eigenvalue weighted by Crippen LogP contribution is 2.18. The summed E-state index contributed by atoms with van der Waals surface area (Å²) < 4.78 is 0. The number of rotatable bonds is 7. The van der Waals surface area contributed by atoms with Crippen LogP contribution in [-0.2, 0) is 6.54 Å². The van der Waals surface area contributed by atoms with Gasteiger partial charge in [0.1, 0.15) is 5.01 Å². The zero-order valence-corrected chi connectivity index (χ0v) is 13.8. The predicted molar refractivity (Wildman–Crippen MR) is 87.4 cm³/mol. The van der Waals surface area contributed by atoms with Crippen molar-refractivity contribution in [2.75, 3.05) is 25.1 Å². The highest BCUT2D eigenvalue weighted by molar-refractivity contribution is 7.98. The molecule has 0 bridgehead atoms. The number of thioether (sulfide) groups is 1. The molecule has 0 fully saturated rings. The minimum atomic E-state index is 0.488. The summed E-state index contributed by atoms with van der Waals surface area (Å²) in [6, 6.07) is 0. The Morgan fingerprint density at radius 1 is 1.47 bits per heavy atom. The lowest BCUT2D eigenvalue weighted by molar-refractivity contribution is 0.813. The molecule has 108 valence electrons. The molecule has 0 amide bonds. The maximum atomic E-state index is 4.59. The third-order valence-electron chi connectivity index (χ3n) is 2.48. The van der Waals surface area contributed by atoms with Gasteiger partial charge in [-0.3, -0.25) is 0 Å². The Hall–Kier alpha value is -0.750. The zero-order chi connectivity index (χ0) is 14.1. The van der Waals surface area contributed by atoms with Crippen molar-refractivity contribution in [2.45, 2.75) is 33.2 Å². The van der Waals surface area contributed by atoms with Gasteiger partial charge in [-0.2, -0.15) is 11.8 Å². The van der Waals surface area contributed by atoms with Crippen LogP contribution in [0.2, 0.25) is 0 Å². The molecular weight excluding hydrogens is 276 g/mol. The van der Waals surface area contributed by atoms with Gasteiger partial charge in [-0.05, 0) is 19.1 Å². The molecule has 0 aliphatic heterocycles. The molecule has 0 aromatic carbocycles. The largest absolute Gasteiger partial charge is 0.357 e. The fraction of sp³-hybridized carbons (Fsp3) is 0.692. The van der Waals surface area contributed by atoms with Gasteiger partial charge in [-0.15, -0.1) is 11.3 Å². The summed E-state index contributed by atoms with van der Waals surface area (Å²) in [6.07, 6.45) is 2.11. The second-order valence-corrected chi connectivity index (χ2v) is 6.36. The lowest BCUT2D eigenvalue weighted by atomic mass is 10.2. The summed E-state index contributed by atoms with van der Waals surface area (Å²) in [5.74, 6) is 2.44. The highest BCUT2D eigenvalue weighted by atomic mass is 32.2. The first-order valence-electron chi connectivity index (χ1n) is 6.62. The number of aliphatic imine (C=N–C) groups is 1. The van der Waals surface area contributed by atoms with E-state index in [-0.39, 0.29) is 0 Å². The summed E-state index contributed by atoms with van der Waals surface area (Å²) in [4.78, 5) is 9.15. The number of hydrogen-bond acceptors (Lipinski definition) is 4. The van der Waals surface area contributed by atoms with Crippen LogP contribution in [0.25, 0.3) is 0 Å². The van der Waals surface area contributed by atoms with Crippen molar-refractivity contribution in [3.63, 3.8) is 0 Å². The average molecular weight is 300 g/mol. The summed E-state index contributed by atoms with van der Waals surface area (Å²) in [5, 5.41) is 9.77. The molecule has 0 aliphatic rings. The SMILES string of the molecule is CCNC(=NCc1nc(C(C)C)cs1)NCCSC. The van der Waals surface area contributed by atoms with Crippen molar-refractivity contribution in [1.29, 1.82) is 0 Å². The minimum absolute atomic E-state index is 0.488. The lowest BCUT2D eigenvalue weighted by Crippen LogP contribution is -2.38. The molecule has 0 atom stereocenters. The number of aromatic nitrogens is 1. The monoisotopic (exact) mass is 300 g/mol. The van der Waals surface area contributed by atoms with E-state index in [0.717, 1.165) is 35.5 Å². The van der Waals surface area contributed by atoms with E-state index >= 15 is 0 Å². The zero-order valence-electron chi connectivity index (χ0n) is 12.2. The van der Waals surface area contributed by atoms with Crippen LogP contribution in [-0.4, -0.2) is 36.0 Å². The molecule has 1 aromatic rings. The number of hydrogen-bond donors (Lipinski definition) is 2. The van der Waals surface area contributed by atoms with E-state index in [1.165, 1.54) is 0 Å². The van der Waals surface area contributed by atoms with Gasteiger partial charge < -0.3 is 10.6 Å². The first-order chi connectivity index (χ1) is 9.17. The van der Waals surface area contributed by atoms with Gasteiger partial charge in [0.2, 0.25) is 0 Å². The predicted octanol–water partition coefficient (Wildman–Crippen LogP) is 2.68. The van der Waals surface area contributed by atoms with E-state index in [1.807, 2.05) is 11.8 Å². The van der Waals surface area contributed by atoms with E-state index in [0.29, 0.717) is 12.5 Å². The van der Waals surface area contributed by atoms with Crippen LogP contribution in [0.3, 0.4) is 0 Å². The van der Waals surface area contributed by atoms with Crippen LogP contribution in [0.4, 0.5) is 0 Å². The Labute approximate surface area is 124 Å². The fourth-order valence-corrected chi connectivity index (χ4v) is 2.61. The summed E-state index contributed by atoms with van der Waals surface area (Å²) in [6.45, 7) is 8.85. The molecule has 0 radical (unpaired) electrons. The van der Waals surface area contributed by atoms with Crippen LogP contribution >= 0.6 is 23.1 Å². The number of thiazole rings is 1. The number of nitrogens with one attached hydrogen (secondary N) is 2. The molecule has 0 aliphatic carbocycles. The van der Waals surface area contributed by atoms with Gasteiger partial charge in [0, 0.05) is 24.2 Å². The Morgan fingerprint density at radius 2 is 2.26 bits per heavy atom. The van der Waals surface area contributed by atoms with Crippen molar-refractivity contribution >= 4 is 29.1 Å². The summed E-state index contributed by atoms with van der Waals surface area (Å²) in [5.41, 5.74) is 1.16. The molecule has 0 saturated carbocycles. The van der Waals surface area contributed by atoms with Crippen LogP contribution in [0.15, 0.2) is 10.4 Å². The maximum Gasteiger partial charge on any atom is 0.191 e. The molecule has 0 spiro atoms. The Kier molecular flexibility index (Phi) is 7.90. The average Bonchev–Trinajstić information content (AvgIpc) is 2.85. The molecule has 0 saturated heterocycles. The van der Waals surface area contributed by atoms with Crippen molar-refractivity contribution in [2.24, 2.45) is 4.99 Å². The topological polar surface area (TPSA) is 49.3 Å². The lowest BCUT2D eigenvalue weighted by Gasteiger charge is -2.09. The van der Waals surface area contributed by atoms with E-state index < -0.39 is 0 Å². The summed E-state index contributed by atoms with van der Waals surface area (Å²) >= 11 is 3.52. The van der Waals surface area contributed by atoms with Crippen LogP contribution < -0.4 is 10.6 Å². The third kappa shape index (κ3) is 6.29. The molecule has 1 rings (SSSR count). The van der Waals surface area contributed by atoms with Crippen molar-refractivity contribution < 1.29 is 0 Å². The van der Waals surface area contributed by atoms with E-state index in [9.17, 15) is 0 Å². The van der Waals surface area contributed by atoms with E-state index in [4.69, 9.17) is 0 Å². The Balaban J connectivity index is 2.52. The molecule has 1 aromatic heterocycles. The van der Waals surface area contributed by atoms with Crippen molar-refractivity contribution in [3.8, 4) is 0 Å². The number of guanidine groups is 1. The van der Waals surface area contributed by atoms with Gasteiger partial charge >= 0.3 is 0 Å². The molecule has 19 heavy (non-hydrogen) atoms. The quantitative estimate of drug-likeness (QED) is 0.462.